The summed E-state index contributed by atoms with van der Waals surface area (Å²) >= 11 is 5.83. The molecule has 2 aromatic carbocycles. The molecule has 3 aromatic rings. The summed E-state index contributed by atoms with van der Waals surface area (Å²) in [6.45, 7) is 1.67. The molecule has 1 heterocycles. The Morgan fingerprint density at radius 1 is 1.11 bits per heavy atom. The second-order valence-electron chi connectivity index (χ2n) is 5.99. The zero-order valence-electron chi connectivity index (χ0n) is 15.1. The van der Waals surface area contributed by atoms with Gasteiger partial charge in [0, 0.05) is 16.1 Å². The van der Waals surface area contributed by atoms with Crippen molar-refractivity contribution in [2.24, 2.45) is 0 Å². The lowest BCUT2D eigenvalue weighted by Gasteiger charge is -2.11. The first-order valence-corrected chi connectivity index (χ1v) is 9.05. The molecule has 0 fully saturated rings. The summed E-state index contributed by atoms with van der Waals surface area (Å²) in [5.74, 6) is -0.870. The fourth-order valence-corrected chi connectivity index (χ4v) is 2.89. The molecule has 28 heavy (non-hydrogen) atoms. The largest absolute Gasteiger partial charge is 0.466 e. The number of aromatic nitrogens is 2. The van der Waals surface area contributed by atoms with Crippen LogP contribution in [0.5, 0.6) is 0 Å². The minimum atomic E-state index is -0.448. The number of esters is 1. The lowest BCUT2D eigenvalue weighted by Crippen LogP contribution is -2.31. The van der Waals surface area contributed by atoms with Crippen molar-refractivity contribution >= 4 is 39.9 Å². The third kappa shape index (κ3) is 4.55. The maximum atomic E-state index is 12.7. The van der Waals surface area contributed by atoms with Gasteiger partial charge in [0.1, 0.15) is 6.54 Å². The Labute approximate surface area is 165 Å². The van der Waals surface area contributed by atoms with E-state index in [0.29, 0.717) is 27.2 Å². The summed E-state index contributed by atoms with van der Waals surface area (Å²) in [5, 5.41) is 8.42. The topological polar surface area (TPSA) is 90.3 Å². The van der Waals surface area contributed by atoms with Crippen molar-refractivity contribution in [2.45, 2.75) is 19.9 Å². The molecule has 3 rings (SSSR count). The fraction of sp³-hybridized carbons (Fsp3) is 0.200. The molecule has 1 N–H and O–H groups in total. The molecule has 0 saturated carbocycles. The minimum absolute atomic E-state index is 0.0898. The van der Waals surface area contributed by atoms with Gasteiger partial charge in [0.15, 0.2) is 0 Å². The van der Waals surface area contributed by atoms with Crippen molar-refractivity contribution in [3.05, 3.63) is 69.6 Å². The van der Waals surface area contributed by atoms with Crippen molar-refractivity contribution in [1.29, 1.82) is 0 Å². The van der Waals surface area contributed by atoms with Crippen molar-refractivity contribution in [3.8, 4) is 0 Å². The van der Waals surface area contributed by atoms with E-state index in [2.05, 4.69) is 10.4 Å². The molecule has 0 unspecified atom stereocenters. The third-order valence-corrected chi connectivity index (χ3v) is 4.23. The van der Waals surface area contributed by atoms with Crippen LogP contribution in [0.1, 0.15) is 12.6 Å². The first-order chi connectivity index (χ1) is 13.5. The number of amides is 1. The highest BCUT2D eigenvalue weighted by Crippen LogP contribution is 2.15. The maximum Gasteiger partial charge on any atom is 0.311 e. The number of rotatable bonds is 6. The summed E-state index contributed by atoms with van der Waals surface area (Å²) in [5.41, 5.74) is 0.525. The fourth-order valence-electron chi connectivity index (χ4n) is 2.76. The zero-order chi connectivity index (χ0) is 20.1. The number of carbonyl (C=O) groups excluding carboxylic acids is 2. The van der Waals surface area contributed by atoms with Gasteiger partial charge in [0.05, 0.1) is 24.1 Å². The average molecular weight is 400 g/mol. The van der Waals surface area contributed by atoms with Crippen LogP contribution < -0.4 is 10.9 Å². The number of benzene rings is 2. The molecule has 0 bridgehead atoms. The highest BCUT2D eigenvalue weighted by atomic mass is 35.5. The van der Waals surface area contributed by atoms with Gasteiger partial charge >= 0.3 is 5.97 Å². The van der Waals surface area contributed by atoms with Crippen molar-refractivity contribution < 1.29 is 14.3 Å². The standard InChI is InChI=1S/C20H18ClN3O4/c1-2-28-19(26)11-17-15-5-3-4-6-16(15)20(27)24(23-17)12-18(25)22-14-9-7-13(21)8-10-14/h3-10H,2,11-12H2,1H3,(H,22,25). The van der Waals surface area contributed by atoms with E-state index in [-0.39, 0.29) is 19.6 Å². The van der Waals surface area contributed by atoms with Crippen molar-refractivity contribution in [3.63, 3.8) is 0 Å². The van der Waals surface area contributed by atoms with Gasteiger partial charge in [-0.3, -0.25) is 14.4 Å². The van der Waals surface area contributed by atoms with Crippen LogP contribution in [0.4, 0.5) is 5.69 Å². The average Bonchev–Trinajstić information content (AvgIpc) is 2.67. The molecule has 0 aliphatic carbocycles. The molecule has 8 heteroatoms. The number of nitrogens with one attached hydrogen (secondary N) is 1. The van der Waals surface area contributed by atoms with Gasteiger partial charge < -0.3 is 10.1 Å². The number of ether oxygens (including phenoxy) is 1. The van der Waals surface area contributed by atoms with Crippen molar-refractivity contribution in [2.75, 3.05) is 11.9 Å². The van der Waals surface area contributed by atoms with Crippen LogP contribution in [0.2, 0.25) is 5.02 Å². The molecular formula is C20H18ClN3O4. The molecule has 0 radical (unpaired) electrons. The molecule has 0 saturated heterocycles. The van der Waals surface area contributed by atoms with Gasteiger partial charge in [-0.2, -0.15) is 5.10 Å². The van der Waals surface area contributed by atoms with Crippen LogP contribution in [0.25, 0.3) is 10.8 Å². The Bertz CT molecular complexity index is 1080. The normalized spacial score (nSPS) is 10.6. The number of hydrogen-bond acceptors (Lipinski definition) is 5. The number of anilines is 1. The third-order valence-electron chi connectivity index (χ3n) is 3.98. The molecule has 0 atom stereocenters. The summed E-state index contributed by atoms with van der Waals surface area (Å²) in [4.78, 5) is 37.0. The van der Waals surface area contributed by atoms with E-state index in [1.807, 2.05) is 0 Å². The van der Waals surface area contributed by atoms with Crippen LogP contribution in [0, 0.1) is 0 Å². The van der Waals surface area contributed by atoms with Crippen LogP contribution >= 0.6 is 11.6 Å². The summed E-state index contributed by atoms with van der Waals surface area (Å²) < 4.78 is 6.04. The van der Waals surface area contributed by atoms with Gasteiger partial charge in [-0.25, -0.2) is 4.68 Å². The highest BCUT2D eigenvalue weighted by molar-refractivity contribution is 6.30. The number of hydrogen-bond donors (Lipinski definition) is 1. The Hall–Kier alpha value is -3.19. The second kappa shape index (κ2) is 8.67. The van der Waals surface area contributed by atoms with E-state index in [9.17, 15) is 14.4 Å². The van der Waals surface area contributed by atoms with E-state index < -0.39 is 17.4 Å². The van der Waals surface area contributed by atoms with E-state index in [1.165, 1.54) is 0 Å². The van der Waals surface area contributed by atoms with Gasteiger partial charge in [-0.1, -0.05) is 29.8 Å². The molecule has 0 aliphatic rings. The number of nitrogens with zero attached hydrogens (tertiary/aromatic N) is 2. The monoisotopic (exact) mass is 399 g/mol. The molecule has 1 amide bonds. The molecule has 0 aliphatic heterocycles. The molecule has 0 spiro atoms. The van der Waals surface area contributed by atoms with Crippen LogP contribution in [-0.4, -0.2) is 28.3 Å². The molecule has 7 nitrogen and oxygen atoms in total. The quantitative estimate of drug-likeness (QED) is 0.644. The first-order valence-electron chi connectivity index (χ1n) is 8.67. The highest BCUT2D eigenvalue weighted by Gasteiger charge is 2.16. The van der Waals surface area contributed by atoms with Gasteiger partial charge in [-0.05, 0) is 37.3 Å². The van der Waals surface area contributed by atoms with E-state index in [0.717, 1.165) is 4.68 Å². The van der Waals surface area contributed by atoms with E-state index in [4.69, 9.17) is 16.3 Å². The van der Waals surface area contributed by atoms with Gasteiger partial charge in [-0.15, -0.1) is 0 Å². The summed E-state index contributed by atoms with van der Waals surface area (Å²) in [7, 11) is 0. The first kappa shape index (κ1) is 19.6. The number of fused-ring (bicyclic) bond motifs is 1. The zero-order valence-corrected chi connectivity index (χ0v) is 15.9. The smallest absolute Gasteiger partial charge is 0.311 e. The summed E-state index contributed by atoms with van der Waals surface area (Å²) in [6, 6.07) is 13.4. The van der Waals surface area contributed by atoms with E-state index in [1.54, 1.807) is 55.5 Å². The Morgan fingerprint density at radius 2 is 1.79 bits per heavy atom. The Balaban J connectivity index is 1.90. The van der Waals surface area contributed by atoms with Crippen LogP contribution in [-0.2, 0) is 27.3 Å². The van der Waals surface area contributed by atoms with Gasteiger partial charge in [0.25, 0.3) is 5.56 Å². The Morgan fingerprint density at radius 3 is 2.46 bits per heavy atom. The predicted octanol–water partition coefficient (Wildman–Crippen LogP) is 2.79. The maximum absolute atomic E-state index is 12.7. The lowest BCUT2D eigenvalue weighted by atomic mass is 10.1. The van der Waals surface area contributed by atoms with Crippen LogP contribution in [0.3, 0.4) is 0 Å². The molecular weight excluding hydrogens is 382 g/mol. The van der Waals surface area contributed by atoms with Gasteiger partial charge in [0.2, 0.25) is 5.91 Å². The SMILES string of the molecule is CCOC(=O)Cc1nn(CC(=O)Nc2ccc(Cl)cc2)c(=O)c2ccccc12. The second-order valence-corrected chi connectivity index (χ2v) is 6.43. The Kier molecular flexibility index (Phi) is 6.06. The lowest BCUT2D eigenvalue weighted by molar-refractivity contribution is -0.142. The predicted molar refractivity (Wildman–Crippen MR) is 106 cm³/mol. The van der Waals surface area contributed by atoms with E-state index >= 15 is 0 Å². The van der Waals surface area contributed by atoms with Crippen molar-refractivity contribution in [1.82, 2.24) is 9.78 Å². The molecule has 144 valence electrons. The van der Waals surface area contributed by atoms with Crippen LogP contribution in [0.15, 0.2) is 53.3 Å². The summed E-state index contributed by atoms with van der Waals surface area (Å²) in [6.07, 6.45) is -0.0898. The number of carbonyl (C=O) groups is 2. The minimum Gasteiger partial charge on any atom is -0.466 e. The molecule has 1 aromatic heterocycles. The number of halogens is 1.